The molecule has 0 bridgehead atoms. The molecule has 0 unspecified atom stereocenters. The molecule has 10 aromatic rings. The van der Waals surface area contributed by atoms with Crippen LogP contribution in [0.25, 0.3) is 110 Å². The van der Waals surface area contributed by atoms with Gasteiger partial charge in [-0.25, -0.2) is 0 Å². The summed E-state index contributed by atoms with van der Waals surface area (Å²) in [6, 6.07) is 57.6. The maximum atomic E-state index is 6.79. The second-order valence-corrected chi connectivity index (χ2v) is 12.7. The Hall–Kier alpha value is -6.18. The summed E-state index contributed by atoms with van der Waals surface area (Å²) in [7, 11) is 0. The fourth-order valence-electron chi connectivity index (χ4n) is 8.42. The highest BCUT2D eigenvalue weighted by Crippen LogP contribution is 2.50. The number of para-hydroxylation sites is 1. The van der Waals surface area contributed by atoms with Crippen LogP contribution < -0.4 is 0 Å². The third kappa shape index (κ3) is 3.33. The van der Waals surface area contributed by atoms with Gasteiger partial charge in [0.2, 0.25) is 0 Å². The van der Waals surface area contributed by atoms with Crippen molar-refractivity contribution in [2.45, 2.75) is 0 Å². The standard InChI is InChI=1S/C46H26O/c1-2-12-31-29(10-1)30-11-3-6-15-34(30)42-26-27(22-23-35(31)42)28-16-7-20-41-45-39(19-9-21-43(45)47-46(28)41)36-24-25-40-33-14-5-4-13-32(33)37-17-8-18-38(36)44(37)40/h1-26H. The molecule has 0 spiro atoms. The molecule has 0 fully saturated rings. The highest BCUT2D eigenvalue weighted by Gasteiger charge is 2.24. The van der Waals surface area contributed by atoms with E-state index in [1.807, 2.05) is 0 Å². The molecule has 0 saturated heterocycles. The van der Waals surface area contributed by atoms with Gasteiger partial charge in [-0.05, 0) is 94.2 Å². The maximum Gasteiger partial charge on any atom is 0.143 e. The zero-order valence-corrected chi connectivity index (χ0v) is 25.4. The summed E-state index contributed by atoms with van der Waals surface area (Å²) in [5, 5.41) is 12.6. The Morgan fingerprint density at radius 3 is 1.49 bits per heavy atom. The fraction of sp³-hybridized carbons (Fsp3) is 0. The predicted molar refractivity (Wildman–Crippen MR) is 199 cm³/mol. The molecule has 216 valence electrons. The predicted octanol–water partition coefficient (Wildman–Crippen LogP) is 13.2. The van der Waals surface area contributed by atoms with Crippen LogP contribution in [0.1, 0.15) is 0 Å². The zero-order valence-electron chi connectivity index (χ0n) is 25.4. The Bertz CT molecular complexity index is 2890. The van der Waals surface area contributed by atoms with E-state index in [4.69, 9.17) is 4.42 Å². The SMILES string of the molecule is c1ccc2c(c1)-c1cccc3c(-c4cccc5oc6c(-c7ccc8c9ccccc9c9ccccc9c8c7)cccc6c45)ccc-2c13. The van der Waals surface area contributed by atoms with Crippen LogP contribution in [0.15, 0.2) is 162 Å². The first-order valence-corrected chi connectivity index (χ1v) is 16.3. The highest BCUT2D eigenvalue weighted by atomic mass is 16.3. The second-order valence-electron chi connectivity index (χ2n) is 12.7. The van der Waals surface area contributed by atoms with Crippen LogP contribution in [0.2, 0.25) is 0 Å². The van der Waals surface area contributed by atoms with Gasteiger partial charge < -0.3 is 4.42 Å². The third-order valence-electron chi connectivity index (χ3n) is 10.4. The van der Waals surface area contributed by atoms with E-state index in [2.05, 4.69) is 158 Å². The molecular weight excluding hydrogens is 569 g/mol. The summed E-state index contributed by atoms with van der Waals surface area (Å²) in [5.41, 5.74) is 11.8. The van der Waals surface area contributed by atoms with Gasteiger partial charge in [0.25, 0.3) is 0 Å². The molecule has 0 N–H and O–H groups in total. The Morgan fingerprint density at radius 1 is 0.277 bits per heavy atom. The van der Waals surface area contributed by atoms with Crippen LogP contribution in [0.3, 0.4) is 0 Å². The van der Waals surface area contributed by atoms with Gasteiger partial charge in [0.1, 0.15) is 11.2 Å². The normalized spacial score (nSPS) is 12.3. The molecule has 11 rings (SSSR count). The summed E-state index contributed by atoms with van der Waals surface area (Å²) in [5.74, 6) is 0. The molecule has 1 nitrogen and oxygen atoms in total. The summed E-state index contributed by atoms with van der Waals surface area (Å²) in [4.78, 5) is 0. The van der Waals surface area contributed by atoms with Crippen LogP contribution >= 0.6 is 0 Å². The molecular formula is C46H26O. The van der Waals surface area contributed by atoms with Crippen molar-refractivity contribution in [1.29, 1.82) is 0 Å². The quantitative estimate of drug-likeness (QED) is 0.182. The number of rotatable bonds is 2. The minimum atomic E-state index is 0.911. The van der Waals surface area contributed by atoms with Crippen molar-refractivity contribution in [3.63, 3.8) is 0 Å². The molecule has 0 atom stereocenters. The second kappa shape index (κ2) is 9.19. The van der Waals surface area contributed by atoms with Crippen molar-refractivity contribution in [3.8, 4) is 44.5 Å². The Morgan fingerprint density at radius 2 is 0.766 bits per heavy atom. The van der Waals surface area contributed by atoms with E-state index < -0.39 is 0 Å². The molecule has 1 aliphatic carbocycles. The van der Waals surface area contributed by atoms with Gasteiger partial charge in [0.05, 0.1) is 0 Å². The first-order valence-electron chi connectivity index (χ1n) is 16.3. The smallest absolute Gasteiger partial charge is 0.143 e. The fourth-order valence-corrected chi connectivity index (χ4v) is 8.42. The third-order valence-corrected chi connectivity index (χ3v) is 10.4. The highest BCUT2D eigenvalue weighted by molar-refractivity contribution is 6.26. The maximum absolute atomic E-state index is 6.79. The molecule has 47 heavy (non-hydrogen) atoms. The summed E-state index contributed by atoms with van der Waals surface area (Å²) < 4.78 is 6.79. The van der Waals surface area contributed by atoms with Crippen molar-refractivity contribution in [2.24, 2.45) is 0 Å². The lowest BCUT2D eigenvalue weighted by atomic mass is 9.90. The Balaban J connectivity index is 1.16. The van der Waals surface area contributed by atoms with Gasteiger partial charge in [-0.15, -0.1) is 0 Å². The van der Waals surface area contributed by atoms with Gasteiger partial charge in [0.15, 0.2) is 0 Å². The molecule has 0 aliphatic heterocycles. The number of benzene rings is 9. The zero-order chi connectivity index (χ0) is 30.6. The van der Waals surface area contributed by atoms with Crippen LogP contribution in [-0.2, 0) is 0 Å². The average molecular weight is 595 g/mol. The minimum Gasteiger partial charge on any atom is -0.455 e. The van der Waals surface area contributed by atoms with Gasteiger partial charge in [0, 0.05) is 16.3 Å². The van der Waals surface area contributed by atoms with Crippen LogP contribution in [0.4, 0.5) is 0 Å². The van der Waals surface area contributed by atoms with E-state index in [0.29, 0.717) is 0 Å². The Kier molecular flexibility index (Phi) is 4.90. The lowest BCUT2D eigenvalue weighted by Gasteiger charge is -2.12. The van der Waals surface area contributed by atoms with Crippen LogP contribution in [0, 0.1) is 0 Å². The largest absolute Gasteiger partial charge is 0.455 e. The van der Waals surface area contributed by atoms with Crippen molar-refractivity contribution >= 4 is 65.0 Å². The molecule has 1 aromatic heterocycles. The molecule has 1 heteroatoms. The van der Waals surface area contributed by atoms with Gasteiger partial charge in [-0.3, -0.25) is 0 Å². The molecule has 0 radical (unpaired) electrons. The van der Waals surface area contributed by atoms with E-state index >= 15 is 0 Å². The first-order chi connectivity index (χ1) is 23.3. The number of furan rings is 1. The minimum absolute atomic E-state index is 0.911. The molecule has 1 aliphatic rings. The van der Waals surface area contributed by atoms with Gasteiger partial charge >= 0.3 is 0 Å². The van der Waals surface area contributed by atoms with E-state index in [0.717, 1.165) is 33.1 Å². The van der Waals surface area contributed by atoms with Gasteiger partial charge in [-0.2, -0.15) is 0 Å². The summed E-state index contributed by atoms with van der Waals surface area (Å²) in [6.45, 7) is 0. The average Bonchev–Trinajstić information content (AvgIpc) is 3.69. The lowest BCUT2D eigenvalue weighted by Crippen LogP contribution is -1.86. The van der Waals surface area contributed by atoms with Crippen molar-refractivity contribution in [2.75, 3.05) is 0 Å². The van der Waals surface area contributed by atoms with E-state index in [1.54, 1.807) is 0 Å². The van der Waals surface area contributed by atoms with Crippen molar-refractivity contribution in [3.05, 3.63) is 158 Å². The van der Waals surface area contributed by atoms with E-state index in [-0.39, 0.29) is 0 Å². The number of hydrogen-bond acceptors (Lipinski definition) is 1. The topological polar surface area (TPSA) is 13.1 Å². The molecule has 0 saturated carbocycles. The molecule has 9 aromatic carbocycles. The van der Waals surface area contributed by atoms with Crippen molar-refractivity contribution in [1.82, 2.24) is 0 Å². The van der Waals surface area contributed by atoms with Crippen LogP contribution in [0.5, 0.6) is 0 Å². The Labute approximate surface area is 270 Å². The molecule has 0 amide bonds. The van der Waals surface area contributed by atoms with E-state index in [9.17, 15) is 0 Å². The molecule has 1 heterocycles. The summed E-state index contributed by atoms with van der Waals surface area (Å²) >= 11 is 0. The van der Waals surface area contributed by atoms with E-state index in [1.165, 1.54) is 76.5 Å². The number of hydrogen-bond donors (Lipinski definition) is 0. The van der Waals surface area contributed by atoms with Gasteiger partial charge in [-0.1, -0.05) is 146 Å². The number of fused-ring (bicyclic) bond motifs is 12. The van der Waals surface area contributed by atoms with Crippen LogP contribution in [-0.4, -0.2) is 0 Å². The summed E-state index contributed by atoms with van der Waals surface area (Å²) in [6.07, 6.45) is 0. The monoisotopic (exact) mass is 594 g/mol. The first kappa shape index (κ1) is 25.1. The van der Waals surface area contributed by atoms with Crippen molar-refractivity contribution < 1.29 is 4.42 Å². The lowest BCUT2D eigenvalue weighted by molar-refractivity contribution is 0.670.